The van der Waals surface area contributed by atoms with Crippen molar-refractivity contribution >= 4 is 29.7 Å². The minimum absolute atomic E-state index is 0. The predicted molar refractivity (Wildman–Crippen MR) is 85.2 cm³/mol. The number of thiazole rings is 1. The van der Waals surface area contributed by atoms with Crippen molar-refractivity contribution in [1.82, 2.24) is 15.2 Å². The number of piperazine rings is 1. The van der Waals surface area contributed by atoms with E-state index < -0.39 is 0 Å². The Kier molecular flexibility index (Phi) is 5.03. The Hall–Kier alpha value is -1.37. The number of aromatic nitrogens is 1. The highest BCUT2D eigenvalue weighted by molar-refractivity contribution is 7.13. The summed E-state index contributed by atoms with van der Waals surface area (Å²) in [6.07, 6.45) is 0. The van der Waals surface area contributed by atoms with E-state index in [4.69, 9.17) is 4.42 Å². The van der Waals surface area contributed by atoms with Crippen LogP contribution in [0.5, 0.6) is 0 Å². The molecule has 2 aromatic rings. The van der Waals surface area contributed by atoms with E-state index >= 15 is 0 Å². The molecule has 5 nitrogen and oxygen atoms in total. The number of nitrogens with zero attached hydrogens (tertiary/aromatic N) is 2. The van der Waals surface area contributed by atoms with Crippen LogP contribution in [0.3, 0.4) is 0 Å². The lowest BCUT2D eigenvalue weighted by molar-refractivity contribution is 0.0650. The lowest BCUT2D eigenvalue weighted by Crippen LogP contribution is -2.52. The van der Waals surface area contributed by atoms with Gasteiger partial charge in [-0.25, -0.2) is 4.98 Å². The SMILES string of the molecule is Cc1ccc(-c2nc(C(=O)N3CCNCC3C)cs2)o1.Cl. The molecule has 1 N–H and O–H groups in total. The van der Waals surface area contributed by atoms with Crippen LogP contribution in [0, 0.1) is 6.92 Å². The van der Waals surface area contributed by atoms with Gasteiger partial charge in [-0.3, -0.25) is 4.79 Å². The molecule has 114 valence electrons. The number of nitrogens with one attached hydrogen (secondary N) is 1. The third kappa shape index (κ3) is 3.28. The molecule has 3 rings (SSSR count). The number of amides is 1. The number of aryl methyl sites for hydroxylation is 1. The summed E-state index contributed by atoms with van der Waals surface area (Å²) in [4.78, 5) is 18.8. The van der Waals surface area contributed by atoms with Crippen molar-refractivity contribution in [2.45, 2.75) is 19.9 Å². The second-order valence-electron chi connectivity index (χ2n) is 5.00. The zero-order valence-corrected chi connectivity index (χ0v) is 13.6. The zero-order valence-electron chi connectivity index (χ0n) is 12.0. The maximum absolute atomic E-state index is 12.5. The molecule has 1 atom stereocenters. The second kappa shape index (κ2) is 6.60. The van der Waals surface area contributed by atoms with Crippen molar-refractivity contribution < 1.29 is 9.21 Å². The van der Waals surface area contributed by atoms with Gasteiger partial charge in [-0.2, -0.15) is 0 Å². The molecule has 1 amide bonds. The van der Waals surface area contributed by atoms with Crippen LogP contribution in [0.1, 0.15) is 23.2 Å². The van der Waals surface area contributed by atoms with E-state index in [1.54, 1.807) is 0 Å². The van der Waals surface area contributed by atoms with Crippen LogP contribution in [-0.4, -0.2) is 41.5 Å². The van der Waals surface area contributed by atoms with Gasteiger partial charge in [-0.1, -0.05) is 0 Å². The summed E-state index contributed by atoms with van der Waals surface area (Å²) in [5.41, 5.74) is 0.507. The molecule has 1 aliphatic heterocycles. The lowest BCUT2D eigenvalue weighted by atomic mass is 10.2. The molecule has 1 unspecified atom stereocenters. The summed E-state index contributed by atoms with van der Waals surface area (Å²) in [6.45, 7) is 6.34. The van der Waals surface area contributed by atoms with E-state index in [0.717, 1.165) is 36.2 Å². The molecule has 0 aromatic carbocycles. The molecule has 0 radical (unpaired) electrons. The van der Waals surface area contributed by atoms with E-state index in [1.165, 1.54) is 11.3 Å². The van der Waals surface area contributed by atoms with Crippen LogP contribution >= 0.6 is 23.7 Å². The second-order valence-corrected chi connectivity index (χ2v) is 5.86. The number of carbonyl (C=O) groups is 1. The number of hydrogen-bond donors (Lipinski definition) is 1. The summed E-state index contributed by atoms with van der Waals surface area (Å²) < 4.78 is 5.54. The van der Waals surface area contributed by atoms with Crippen molar-refractivity contribution in [3.05, 3.63) is 29.0 Å². The van der Waals surface area contributed by atoms with Crippen molar-refractivity contribution in [3.8, 4) is 10.8 Å². The Bertz CT molecular complexity index is 625. The Labute approximate surface area is 133 Å². The number of rotatable bonds is 2. The molecule has 7 heteroatoms. The summed E-state index contributed by atoms with van der Waals surface area (Å²) in [7, 11) is 0. The molecular formula is C14H18ClN3O2S. The van der Waals surface area contributed by atoms with Gasteiger partial charge in [-0.15, -0.1) is 23.7 Å². The molecule has 1 fully saturated rings. The van der Waals surface area contributed by atoms with Gasteiger partial charge in [0, 0.05) is 31.1 Å². The average molecular weight is 328 g/mol. The first kappa shape index (κ1) is 16.0. The van der Waals surface area contributed by atoms with Crippen LogP contribution in [0.25, 0.3) is 10.8 Å². The van der Waals surface area contributed by atoms with E-state index in [9.17, 15) is 4.79 Å². The van der Waals surface area contributed by atoms with Gasteiger partial charge in [0.05, 0.1) is 0 Å². The van der Waals surface area contributed by atoms with Crippen LogP contribution in [0.15, 0.2) is 21.9 Å². The highest BCUT2D eigenvalue weighted by atomic mass is 35.5. The minimum atomic E-state index is 0. The molecule has 1 saturated heterocycles. The fraction of sp³-hybridized carbons (Fsp3) is 0.429. The Balaban J connectivity index is 0.00000161. The topological polar surface area (TPSA) is 58.4 Å². The monoisotopic (exact) mass is 327 g/mol. The van der Waals surface area contributed by atoms with Crippen molar-refractivity contribution in [2.24, 2.45) is 0 Å². The Morgan fingerprint density at radius 1 is 1.52 bits per heavy atom. The fourth-order valence-corrected chi connectivity index (χ4v) is 3.08. The summed E-state index contributed by atoms with van der Waals surface area (Å²) >= 11 is 1.44. The minimum Gasteiger partial charge on any atom is -0.459 e. The largest absolute Gasteiger partial charge is 0.459 e. The van der Waals surface area contributed by atoms with Crippen LogP contribution in [-0.2, 0) is 0 Å². The third-order valence-corrected chi connectivity index (χ3v) is 4.29. The standard InChI is InChI=1S/C14H17N3O2S.ClH/c1-9-7-15-5-6-17(9)14(18)11-8-20-13(16-11)12-4-3-10(2)19-12;/h3-4,8-9,15H,5-7H2,1-2H3;1H. The van der Waals surface area contributed by atoms with Gasteiger partial charge in [0.25, 0.3) is 5.91 Å². The van der Waals surface area contributed by atoms with Gasteiger partial charge >= 0.3 is 0 Å². The first-order valence-corrected chi connectivity index (χ1v) is 7.57. The molecule has 21 heavy (non-hydrogen) atoms. The molecule has 0 bridgehead atoms. The smallest absolute Gasteiger partial charge is 0.273 e. The zero-order chi connectivity index (χ0) is 14.1. The third-order valence-electron chi connectivity index (χ3n) is 3.44. The fourth-order valence-electron chi connectivity index (χ4n) is 2.32. The van der Waals surface area contributed by atoms with E-state index in [-0.39, 0.29) is 24.4 Å². The summed E-state index contributed by atoms with van der Waals surface area (Å²) in [5.74, 6) is 1.57. The van der Waals surface area contributed by atoms with Gasteiger partial charge in [-0.05, 0) is 26.0 Å². The number of halogens is 1. The quantitative estimate of drug-likeness (QED) is 0.921. The molecule has 0 aliphatic carbocycles. The normalized spacial score (nSPS) is 18.4. The average Bonchev–Trinajstić information content (AvgIpc) is 3.07. The van der Waals surface area contributed by atoms with E-state index in [1.807, 2.05) is 36.3 Å². The number of furan rings is 1. The van der Waals surface area contributed by atoms with Crippen molar-refractivity contribution in [1.29, 1.82) is 0 Å². The molecular weight excluding hydrogens is 310 g/mol. The lowest BCUT2D eigenvalue weighted by Gasteiger charge is -2.33. The number of hydrogen-bond acceptors (Lipinski definition) is 5. The van der Waals surface area contributed by atoms with Gasteiger partial charge < -0.3 is 14.6 Å². The first-order chi connectivity index (χ1) is 9.65. The van der Waals surface area contributed by atoms with Crippen molar-refractivity contribution in [2.75, 3.05) is 19.6 Å². The highest BCUT2D eigenvalue weighted by Gasteiger charge is 2.26. The predicted octanol–water partition coefficient (Wildman–Crippen LogP) is 2.57. The Morgan fingerprint density at radius 2 is 2.33 bits per heavy atom. The molecule has 0 spiro atoms. The van der Waals surface area contributed by atoms with E-state index in [2.05, 4.69) is 10.3 Å². The maximum atomic E-state index is 12.5. The van der Waals surface area contributed by atoms with Crippen molar-refractivity contribution in [3.63, 3.8) is 0 Å². The molecule has 1 aliphatic rings. The Morgan fingerprint density at radius 3 is 3.00 bits per heavy atom. The first-order valence-electron chi connectivity index (χ1n) is 6.69. The maximum Gasteiger partial charge on any atom is 0.273 e. The summed E-state index contributed by atoms with van der Waals surface area (Å²) in [6, 6.07) is 3.99. The molecule has 2 aromatic heterocycles. The van der Waals surface area contributed by atoms with Crippen LogP contribution < -0.4 is 5.32 Å². The number of carbonyl (C=O) groups excluding carboxylic acids is 1. The molecule has 3 heterocycles. The summed E-state index contributed by atoms with van der Waals surface area (Å²) in [5, 5.41) is 5.84. The van der Waals surface area contributed by atoms with Gasteiger partial charge in [0.1, 0.15) is 11.5 Å². The highest BCUT2D eigenvalue weighted by Crippen LogP contribution is 2.26. The molecule has 0 saturated carbocycles. The van der Waals surface area contributed by atoms with Gasteiger partial charge in [0.15, 0.2) is 10.8 Å². The van der Waals surface area contributed by atoms with E-state index in [0.29, 0.717) is 5.69 Å². The van der Waals surface area contributed by atoms with Crippen LogP contribution in [0.2, 0.25) is 0 Å². The van der Waals surface area contributed by atoms with Crippen LogP contribution in [0.4, 0.5) is 0 Å². The van der Waals surface area contributed by atoms with Gasteiger partial charge in [0.2, 0.25) is 0 Å².